The van der Waals surface area contributed by atoms with E-state index in [-0.39, 0.29) is 6.03 Å². The number of urea groups is 1. The molecule has 0 saturated carbocycles. The van der Waals surface area contributed by atoms with Crippen LogP contribution in [0.15, 0.2) is 36.7 Å². The number of likely N-dealkylation sites (tertiary alicyclic amines) is 1. The standard InChI is InChI=1S/C17H22N4O3/c1-20-12-9-18-15(20)17(23)7-10-21(11-8-17)16(22)19-13-5-3-4-6-14(13)24-2/h3-6,9,12,23H,7-8,10-11H2,1-2H3,(H,19,22). The zero-order valence-corrected chi connectivity index (χ0v) is 13.9. The summed E-state index contributed by atoms with van der Waals surface area (Å²) in [5.74, 6) is 1.26. The smallest absolute Gasteiger partial charge is 0.321 e. The van der Waals surface area contributed by atoms with Crippen LogP contribution in [0.25, 0.3) is 0 Å². The number of aromatic nitrogens is 2. The van der Waals surface area contributed by atoms with Crippen LogP contribution in [0, 0.1) is 0 Å². The Morgan fingerprint density at radius 1 is 1.33 bits per heavy atom. The van der Waals surface area contributed by atoms with Crippen molar-refractivity contribution < 1.29 is 14.6 Å². The molecule has 1 aliphatic rings. The molecule has 24 heavy (non-hydrogen) atoms. The fourth-order valence-electron chi connectivity index (χ4n) is 3.06. The molecule has 0 atom stereocenters. The highest BCUT2D eigenvalue weighted by atomic mass is 16.5. The monoisotopic (exact) mass is 330 g/mol. The van der Waals surface area contributed by atoms with Gasteiger partial charge in [0, 0.05) is 45.4 Å². The maximum absolute atomic E-state index is 12.5. The summed E-state index contributed by atoms with van der Waals surface area (Å²) in [5, 5.41) is 13.7. The van der Waals surface area contributed by atoms with Gasteiger partial charge in [-0.05, 0) is 12.1 Å². The second-order valence-electron chi connectivity index (χ2n) is 6.01. The predicted molar refractivity (Wildman–Crippen MR) is 89.9 cm³/mol. The summed E-state index contributed by atoms with van der Waals surface area (Å²) in [4.78, 5) is 18.4. The van der Waals surface area contributed by atoms with Gasteiger partial charge in [-0.15, -0.1) is 0 Å². The number of anilines is 1. The second-order valence-corrected chi connectivity index (χ2v) is 6.01. The van der Waals surface area contributed by atoms with Crippen LogP contribution in [-0.4, -0.2) is 45.8 Å². The number of amides is 2. The van der Waals surface area contributed by atoms with Gasteiger partial charge in [0.1, 0.15) is 17.2 Å². The third kappa shape index (κ3) is 3.07. The minimum absolute atomic E-state index is 0.193. The first kappa shape index (κ1) is 16.3. The van der Waals surface area contributed by atoms with E-state index < -0.39 is 5.60 Å². The molecule has 7 heteroatoms. The van der Waals surface area contributed by atoms with Crippen molar-refractivity contribution in [1.29, 1.82) is 0 Å². The van der Waals surface area contributed by atoms with Crippen molar-refractivity contribution in [3.05, 3.63) is 42.5 Å². The summed E-state index contributed by atoms with van der Waals surface area (Å²) in [6.07, 6.45) is 4.40. The summed E-state index contributed by atoms with van der Waals surface area (Å²) in [6.45, 7) is 0.925. The lowest BCUT2D eigenvalue weighted by Crippen LogP contribution is -2.47. The van der Waals surface area contributed by atoms with Crippen molar-refractivity contribution in [2.24, 2.45) is 7.05 Å². The minimum atomic E-state index is -0.987. The molecule has 0 spiro atoms. The molecule has 2 amide bonds. The molecule has 2 heterocycles. The molecule has 0 bridgehead atoms. The van der Waals surface area contributed by atoms with Crippen LogP contribution in [0.1, 0.15) is 18.7 Å². The van der Waals surface area contributed by atoms with Crippen molar-refractivity contribution in [3.63, 3.8) is 0 Å². The Labute approximate surface area is 140 Å². The number of piperidine rings is 1. The summed E-state index contributed by atoms with van der Waals surface area (Å²) in [6, 6.07) is 7.09. The fraction of sp³-hybridized carbons (Fsp3) is 0.412. The molecule has 1 fully saturated rings. The number of rotatable bonds is 3. The Kier molecular flexibility index (Phi) is 4.44. The van der Waals surface area contributed by atoms with Crippen LogP contribution < -0.4 is 10.1 Å². The van der Waals surface area contributed by atoms with Crippen LogP contribution in [-0.2, 0) is 12.6 Å². The highest BCUT2D eigenvalue weighted by Crippen LogP contribution is 2.32. The van der Waals surface area contributed by atoms with Crippen molar-refractivity contribution in [2.75, 3.05) is 25.5 Å². The van der Waals surface area contributed by atoms with Gasteiger partial charge < -0.3 is 24.6 Å². The van der Waals surface area contributed by atoms with E-state index >= 15 is 0 Å². The molecule has 7 nitrogen and oxygen atoms in total. The Morgan fingerprint density at radius 3 is 2.67 bits per heavy atom. The van der Waals surface area contributed by atoms with Crippen LogP contribution in [0.4, 0.5) is 10.5 Å². The van der Waals surface area contributed by atoms with Crippen LogP contribution in [0.5, 0.6) is 5.75 Å². The van der Waals surface area contributed by atoms with E-state index in [0.29, 0.717) is 43.2 Å². The number of methoxy groups -OCH3 is 1. The number of aryl methyl sites for hydroxylation is 1. The third-order valence-corrected chi connectivity index (χ3v) is 4.46. The molecule has 128 valence electrons. The van der Waals surface area contributed by atoms with Gasteiger partial charge >= 0.3 is 6.03 Å². The summed E-state index contributed by atoms with van der Waals surface area (Å²) in [7, 11) is 3.43. The number of imidazole rings is 1. The average molecular weight is 330 g/mol. The third-order valence-electron chi connectivity index (χ3n) is 4.46. The van der Waals surface area contributed by atoms with E-state index in [2.05, 4.69) is 10.3 Å². The van der Waals surface area contributed by atoms with Crippen molar-refractivity contribution >= 4 is 11.7 Å². The SMILES string of the molecule is COc1ccccc1NC(=O)N1CCC(O)(c2nccn2C)CC1. The topological polar surface area (TPSA) is 79.6 Å². The molecule has 0 unspecified atom stereocenters. The highest BCUT2D eigenvalue weighted by molar-refractivity contribution is 5.91. The highest BCUT2D eigenvalue weighted by Gasteiger charge is 2.38. The number of aliphatic hydroxyl groups is 1. The number of para-hydroxylation sites is 2. The first-order valence-electron chi connectivity index (χ1n) is 7.92. The summed E-state index contributed by atoms with van der Waals surface area (Å²) >= 11 is 0. The molecule has 2 aromatic rings. The molecule has 2 N–H and O–H groups in total. The van der Waals surface area contributed by atoms with Crippen molar-refractivity contribution in [3.8, 4) is 5.75 Å². The number of hydrogen-bond donors (Lipinski definition) is 2. The Bertz CT molecular complexity index is 720. The zero-order valence-electron chi connectivity index (χ0n) is 13.9. The average Bonchev–Trinajstić information content (AvgIpc) is 3.03. The summed E-state index contributed by atoms with van der Waals surface area (Å²) < 4.78 is 7.07. The van der Waals surface area contributed by atoms with Gasteiger partial charge in [-0.3, -0.25) is 0 Å². The number of carbonyl (C=O) groups excluding carboxylic acids is 1. The Morgan fingerprint density at radius 2 is 2.04 bits per heavy atom. The van der Waals surface area contributed by atoms with E-state index in [1.165, 1.54) is 0 Å². The number of hydrogen-bond acceptors (Lipinski definition) is 4. The van der Waals surface area contributed by atoms with Gasteiger partial charge in [0.15, 0.2) is 0 Å². The maximum Gasteiger partial charge on any atom is 0.321 e. The number of nitrogens with one attached hydrogen (secondary N) is 1. The molecule has 0 radical (unpaired) electrons. The van der Waals surface area contributed by atoms with Gasteiger partial charge in [-0.1, -0.05) is 12.1 Å². The quantitative estimate of drug-likeness (QED) is 0.901. The predicted octanol–water partition coefficient (Wildman–Crippen LogP) is 1.94. The van der Waals surface area contributed by atoms with E-state index in [0.717, 1.165) is 0 Å². The normalized spacial score (nSPS) is 16.7. The number of nitrogens with zero attached hydrogens (tertiary/aromatic N) is 3. The molecule has 0 aliphatic carbocycles. The second kappa shape index (κ2) is 6.52. The van der Waals surface area contributed by atoms with E-state index in [4.69, 9.17) is 4.74 Å². The van der Waals surface area contributed by atoms with Crippen LogP contribution in [0.3, 0.4) is 0 Å². The van der Waals surface area contributed by atoms with Crippen LogP contribution >= 0.6 is 0 Å². The van der Waals surface area contributed by atoms with Crippen molar-refractivity contribution in [1.82, 2.24) is 14.5 Å². The zero-order chi connectivity index (χ0) is 17.2. The molecule has 1 aromatic carbocycles. The van der Waals surface area contributed by atoms with E-state index in [1.54, 1.807) is 30.3 Å². The molecule has 1 saturated heterocycles. The van der Waals surface area contributed by atoms with Gasteiger partial charge in [0.25, 0.3) is 0 Å². The van der Waals surface area contributed by atoms with E-state index in [9.17, 15) is 9.90 Å². The number of benzene rings is 1. The van der Waals surface area contributed by atoms with Crippen molar-refractivity contribution in [2.45, 2.75) is 18.4 Å². The lowest BCUT2D eigenvalue weighted by atomic mass is 9.90. The number of carbonyl (C=O) groups is 1. The first-order chi connectivity index (χ1) is 11.5. The number of ether oxygens (including phenoxy) is 1. The van der Waals surface area contributed by atoms with Gasteiger partial charge in [0.05, 0.1) is 12.8 Å². The maximum atomic E-state index is 12.5. The molecular weight excluding hydrogens is 308 g/mol. The van der Waals surface area contributed by atoms with Gasteiger partial charge in [-0.25, -0.2) is 9.78 Å². The lowest BCUT2D eigenvalue weighted by Gasteiger charge is -2.37. The first-order valence-corrected chi connectivity index (χ1v) is 7.92. The van der Waals surface area contributed by atoms with Crippen LogP contribution in [0.2, 0.25) is 0 Å². The fourth-order valence-corrected chi connectivity index (χ4v) is 3.06. The Balaban J connectivity index is 1.64. The summed E-state index contributed by atoms with van der Waals surface area (Å²) in [5.41, 5.74) is -0.352. The van der Waals surface area contributed by atoms with E-state index in [1.807, 2.05) is 29.9 Å². The largest absolute Gasteiger partial charge is 0.495 e. The van der Waals surface area contributed by atoms with Gasteiger partial charge in [-0.2, -0.15) is 0 Å². The molecule has 3 rings (SSSR count). The molecular formula is C17H22N4O3. The Hall–Kier alpha value is -2.54. The molecule has 1 aromatic heterocycles. The lowest BCUT2D eigenvalue weighted by molar-refractivity contribution is -0.0251. The minimum Gasteiger partial charge on any atom is -0.495 e. The molecule has 1 aliphatic heterocycles. The van der Waals surface area contributed by atoms with Gasteiger partial charge in [0.2, 0.25) is 0 Å².